The van der Waals surface area contributed by atoms with Crippen LogP contribution < -0.4 is 9.64 Å². The maximum absolute atomic E-state index is 13.6. The molecule has 0 atom stereocenters. The molecule has 1 fully saturated rings. The second-order valence-corrected chi connectivity index (χ2v) is 7.10. The average Bonchev–Trinajstić information content (AvgIpc) is 2.72. The fourth-order valence-electron chi connectivity index (χ4n) is 3.57. The molecule has 3 rings (SSSR count). The third-order valence-corrected chi connectivity index (χ3v) is 5.25. The Bertz CT molecular complexity index is 823. The molecule has 0 aromatic heterocycles. The van der Waals surface area contributed by atoms with E-state index in [1.807, 2.05) is 31.2 Å². The standard InChI is InChI=1S/C22H25NO5/c1-16-3-5-17(6-4-16)22(11-13-27-14-12-22)21(26)23(2)18-7-9-19(10-8-18)28-15-20(24)25/h3-10H,11-15H2,1-2H3,(H,24,25). The molecule has 0 saturated carbocycles. The lowest BCUT2D eigenvalue weighted by Crippen LogP contribution is -2.48. The highest BCUT2D eigenvalue weighted by Gasteiger charge is 2.43. The van der Waals surface area contributed by atoms with E-state index in [2.05, 4.69) is 0 Å². The first-order valence-corrected chi connectivity index (χ1v) is 9.30. The number of rotatable bonds is 6. The summed E-state index contributed by atoms with van der Waals surface area (Å²) in [6, 6.07) is 15.0. The van der Waals surface area contributed by atoms with Gasteiger partial charge < -0.3 is 19.5 Å². The van der Waals surface area contributed by atoms with E-state index in [9.17, 15) is 9.59 Å². The molecule has 1 aliphatic heterocycles. The van der Waals surface area contributed by atoms with Crippen LogP contribution in [0.1, 0.15) is 24.0 Å². The molecule has 2 aromatic rings. The number of carboxylic acids is 1. The van der Waals surface area contributed by atoms with Crippen molar-refractivity contribution in [3.63, 3.8) is 0 Å². The summed E-state index contributed by atoms with van der Waals surface area (Å²) in [5.74, 6) is -0.555. The Morgan fingerprint density at radius 3 is 2.25 bits per heavy atom. The van der Waals surface area contributed by atoms with Crippen LogP contribution in [0, 0.1) is 6.92 Å². The van der Waals surface area contributed by atoms with Gasteiger partial charge in [0.15, 0.2) is 6.61 Å². The molecule has 0 radical (unpaired) electrons. The molecule has 1 aliphatic rings. The zero-order valence-corrected chi connectivity index (χ0v) is 16.2. The van der Waals surface area contributed by atoms with Crippen molar-refractivity contribution in [3.8, 4) is 5.75 Å². The number of hydrogen-bond donors (Lipinski definition) is 1. The van der Waals surface area contributed by atoms with Crippen LogP contribution in [0.4, 0.5) is 5.69 Å². The number of hydrogen-bond acceptors (Lipinski definition) is 4. The van der Waals surface area contributed by atoms with Crippen molar-refractivity contribution < 1.29 is 24.2 Å². The second-order valence-electron chi connectivity index (χ2n) is 7.10. The summed E-state index contributed by atoms with van der Waals surface area (Å²) in [5.41, 5.74) is 2.29. The predicted molar refractivity (Wildman–Crippen MR) is 106 cm³/mol. The van der Waals surface area contributed by atoms with Crippen molar-refractivity contribution in [2.75, 3.05) is 31.8 Å². The van der Waals surface area contributed by atoms with E-state index >= 15 is 0 Å². The molecule has 1 saturated heterocycles. The number of aliphatic carboxylic acids is 1. The van der Waals surface area contributed by atoms with Crippen LogP contribution in [0.3, 0.4) is 0 Å². The van der Waals surface area contributed by atoms with E-state index < -0.39 is 18.0 Å². The highest BCUT2D eigenvalue weighted by molar-refractivity contribution is 6.01. The van der Waals surface area contributed by atoms with Crippen LogP contribution in [0.5, 0.6) is 5.75 Å². The Balaban J connectivity index is 1.84. The van der Waals surface area contributed by atoms with Gasteiger partial charge in [0.2, 0.25) is 5.91 Å². The molecule has 6 nitrogen and oxygen atoms in total. The molecule has 1 amide bonds. The van der Waals surface area contributed by atoms with E-state index in [1.54, 1.807) is 36.2 Å². The Morgan fingerprint density at radius 2 is 1.68 bits per heavy atom. The first-order chi connectivity index (χ1) is 13.4. The van der Waals surface area contributed by atoms with Crippen LogP contribution in [0.15, 0.2) is 48.5 Å². The molecule has 2 aromatic carbocycles. The summed E-state index contributed by atoms with van der Waals surface area (Å²) in [7, 11) is 1.76. The molecule has 28 heavy (non-hydrogen) atoms. The van der Waals surface area contributed by atoms with Gasteiger partial charge in [-0.2, -0.15) is 0 Å². The predicted octanol–water partition coefficient (Wildman–Crippen LogP) is 3.17. The molecule has 1 N–H and O–H groups in total. The van der Waals surface area contributed by atoms with Crippen molar-refractivity contribution in [1.29, 1.82) is 0 Å². The summed E-state index contributed by atoms with van der Waals surface area (Å²) < 4.78 is 10.7. The molecule has 0 bridgehead atoms. The number of ether oxygens (including phenoxy) is 2. The number of likely N-dealkylation sites (N-methyl/N-ethyl adjacent to an activating group) is 1. The van der Waals surface area contributed by atoms with E-state index in [1.165, 1.54) is 0 Å². The second kappa shape index (κ2) is 8.44. The topological polar surface area (TPSA) is 76.1 Å². The molecule has 1 heterocycles. The molecule has 148 valence electrons. The normalized spacial score (nSPS) is 15.6. The molecular formula is C22H25NO5. The maximum Gasteiger partial charge on any atom is 0.341 e. The van der Waals surface area contributed by atoms with Crippen LogP contribution >= 0.6 is 0 Å². The summed E-state index contributed by atoms with van der Waals surface area (Å²) in [6.07, 6.45) is 1.28. The van der Waals surface area contributed by atoms with E-state index in [0.717, 1.165) is 16.8 Å². The van der Waals surface area contributed by atoms with Gasteiger partial charge in [-0.3, -0.25) is 4.79 Å². The summed E-state index contributed by atoms with van der Waals surface area (Å²) >= 11 is 0. The highest BCUT2D eigenvalue weighted by Crippen LogP contribution is 2.38. The van der Waals surface area contributed by atoms with Crippen LogP contribution in [-0.2, 0) is 19.7 Å². The molecule has 0 spiro atoms. The zero-order valence-electron chi connectivity index (χ0n) is 16.2. The molecular weight excluding hydrogens is 358 g/mol. The Morgan fingerprint density at radius 1 is 1.07 bits per heavy atom. The number of nitrogens with zero attached hydrogens (tertiary/aromatic N) is 1. The van der Waals surface area contributed by atoms with Gasteiger partial charge in [-0.25, -0.2) is 4.79 Å². The smallest absolute Gasteiger partial charge is 0.341 e. The lowest BCUT2D eigenvalue weighted by molar-refractivity contribution is -0.139. The van der Waals surface area contributed by atoms with Gasteiger partial charge >= 0.3 is 5.97 Å². The minimum atomic E-state index is -1.03. The number of carbonyl (C=O) groups excluding carboxylic acids is 1. The monoisotopic (exact) mass is 383 g/mol. The van der Waals surface area contributed by atoms with Crippen LogP contribution in [0.25, 0.3) is 0 Å². The number of benzene rings is 2. The highest BCUT2D eigenvalue weighted by atomic mass is 16.5. The number of carboxylic acid groups (broad SMARTS) is 1. The Kier molecular flexibility index (Phi) is 5.99. The average molecular weight is 383 g/mol. The third kappa shape index (κ3) is 4.17. The van der Waals surface area contributed by atoms with Gasteiger partial charge in [0.25, 0.3) is 0 Å². The van der Waals surface area contributed by atoms with E-state index in [0.29, 0.717) is 31.8 Å². The summed E-state index contributed by atoms with van der Waals surface area (Å²) in [4.78, 5) is 25.8. The molecule has 0 unspecified atom stereocenters. The fourth-order valence-corrected chi connectivity index (χ4v) is 3.57. The minimum Gasteiger partial charge on any atom is -0.482 e. The number of aryl methyl sites for hydroxylation is 1. The quantitative estimate of drug-likeness (QED) is 0.829. The van der Waals surface area contributed by atoms with Gasteiger partial charge in [-0.05, 0) is 49.6 Å². The van der Waals surface area contributed by atoms with Crippen LogP contribution in [-0.4, -0.2) is 43.9 Å². The van der Waals surface area contributed by atoms with E-state index in [-0.39, 0.29) is 5.91 Å². The van der Waals surface area contributed by atoms with Crippen LogP contribution in [0.2, 0.25) is 0 Å². The van der Waals surface area contributed by atoms with Gasteiger partial charge in [-0.15, -0.1) is 0 Å². The van der Waals surface area contributed by atoms with Gasteiger partial charge in [-0.1, -0.05) is 29.8 Å². The van der Waals surface area contributed by atoms with Crippen molar-refractivity contribution in [2.45, 2.75) is 25.2 Å². The van der Waals surface area contributed by atoms with Crippen molar-refractivity contribution >= 4 is 17.6 Å². The number of amides is 1. The van der Waals surface area contributed by atoms with Crippen molar-refractivity contribution in [2.24, 2.45) is 0 Å². The van der Waals surface area contributed by atoms with Gasteiger partial charge in [0, 0.05) is 25.9 Å². The third-order valence-electron chi connectivity index (χ3n) is 5.25. The van der Waals surface area contributed by atoms with E-state index in [4.69, 9.17) is 14.6 Å². The number of carbonyl (C=O) groups is 2. The Labute approximate surface area is 164 Å². The van der Waals surface area contributed by atoms with Gasteiger partial charge in [0.05, 0.1) is 5.41 Å². The fraction of sp³-hybridized carbons (Fsp3) is 0.364. The largest absolute Gasteiger partial charge is 0.482 e. The zero-order chi connectivity index (χ0) is 20.1. The Hall–Kier alpha value is -2.86. The maximum atomic E-state index is 13.6. The van der Waals surface area contributed by atoms with Crippen molar-refractivity contribution in [3.05, 3.63) is 59.7 Å². The summed E-state index contributed by atoms with van der Waals surface area (Å²) in [6.45, 7) is 2.73. The first kappa shape index (κ1) is 19.9. The van der Waals surface area contributed by atoms with Crippen molar-refractivity contribution in [1.82, 2.24) is 0 Å². The number of anilines is 1. The summed E-state index contributed by atoms with van der Waals surface area (Å²) in [5, 5.41) is 8.70. The lowest BCUT2D eigenvalue weighted by Gasteiger charge is -2.39. The lowest BCUT2D eigenvalue weighted by atomic mass is 9.72. The SMILES string of the molecule is Cc1ccc(C2(C(=O)N(C)c3ccc(OCC(=O)O)cc3)CCOCC2)cc1. The molecule has 6 heteroatoms. The molecule has 0 aliphatic carbocycles. The first-order valence-electron chi connectivity index (χ1n) is 9.30. The minimum absolute atomic E-state index is 0.0267. The van der Waals surface area contributed by atoms with Gasteiger partial charge in [0.1, 0.15) is 5.75 Å².